The zero-order valence-electron chi connectivity index (χ0n) is 7.36. The van der Waals surface area contributed by atoms with Crippen LogP contribution in [0, 0.1) is 0 Å². The summed E-state index contributed by atoms with van der Waals surface area (Å²) in [6, 6.07) is 0. The Labute approximate surface area is 83.5 Å². The first-order valence-corrected chi connectivity index (χ1v) is 6.86. The van der Waals surface area contributed by atoms with E-state index < -0.39 is 8.80 Å². The van der Waals surface area contributed by atoms with Gasteiger partial charge in [0.15, 0.2) is 0 Å². The van der Waals surface area contributed by atoms with E-state index >= 15 is 0 Å². The van der Waals surface area contributed by atoms with Gasteiger partial charge >= 0.3 is 18.9 Å². The summed E-state index contributed by atoms with van der Waals surface area (Å²) in [5.74, 6) is 0. The average Bonchev–Trinajstić information content (AvgIpc) is 2.13. The Kier molecular flexibility index (Phi) is 4.47. The summed E-state index contributed by atoms with van der Waals surface area (Å²) >= 11 is 0. The molecule has 0 bridgehead atoms. The molecule has 0 aliphatic heterocycles. The summed E-state index contributed by atoms with van der Waals surface area (Å²) in [6.45, 7) is 9.27. The van der Waals surface area contributed by atoms with Gasteiger partial charge in [0.05, 0.1) is 8.80 Å². The molecule has 0 N–H and O–H groups in total. The van der Waals surface area contributed by atoms with Crippen LogP contribution in [0.3, 0.4) is 0 Å². The van der Waals surface area contributed by atoms with E-state index in [1.165, 1.54) is 12.0 Å². The fourth-order valence-electron chi connectivity index (χ4n) is 1.27. The van der Waals surface area contributed by atoms with Crippen LogP contribution in [0.15, 0.2) is 22.4 Å². The van der Waals surface area contributed by atoms with E-state index in [4.69, 9.17) is 0 Å². The van der Waals surface area contributed by atoms with Gasteiger partial charge in [0.25, 0.3) is 0 Å². The number of rotatable bonds is 1. The van der Waals surface area contributed by atoms with Crippen molar-refractivity contribution in [3.63, 3.8) is 0 Å². The molecule has 0 spiro atoms. The molecule has 0 unspecified atom stereocenters. The van der Waals surface area contributed by atoms with Crippen LogP contribution in [0.4, 0.5) is 0 Å². The molecule has 1 aliphatic rings. The molecule has 0 radical (unpaired) electrons. The molecule has 58 valence electrons. The third-order valence-electron chi connectivity index (χ3n) is 2.29. The van der Waals surface area contributed by atoms with Crippen molar-refractivity contribution in [3.8, 4) is 0 Å². The van der Waals surface area contributed by atoms with Crippen molar-refractivity contribution in [2.75, 3.05) is 0 Å². The fraction of sp³-hybridized carbons (Fsp3) is 0.556. The Hall–Kier alpha value is 0.294. The fourth-order valence-corrected chi connectivity index (χ4v) is 2.57. The van der Waals surface area contributed by atoms with E-state index in [0.717, 1.165) is 0 Å². The number of allylic oxidation sites excluding steroid dienone is 4. The van der Waals surface area contributed by atoms with Crippen molar-refractivity contribution in [2.24, 2.45) is 0 Å². The van der Waals surface area contributed by atoms with Gasteiger partial charge < -0.3 is 0 Å². The first-order chi connectivity index (χ1) is 4.61. The van der Waals surface area contributed by atoms with Gasteiger partial charge in [-0.25, -0.2) is 0 Å². The first kappa shape index (κ1) is 11.3. The van der Waals surface area contributed by atoms with Gasteiger partial charge in [0.2, 0.25) is 0 Å². The molecule has 0 aromatic carbocycles. The minimum absolute atomic E-state index is 0. The van der Waals surface area contributed by atoms with E-state index in [-0.39, 0.29) is 18.9 Å². The molecule has 1 rings (SSSR count). The van der Waals surface area contributed by atoms with Crippen molar-refractivity contribution in [2.45, 2.75) is 33.4 Å². The summed E-state index contributed by atoms with van der Waals surface area (Å²) in [4.78, 5) is 0. The predicted molar refractivity (Wildman–Crippen MR) is 57.1 cm³/mol. The van der Waals surface area contributed by atoms with Gasteiger partial charge in [-0.3, -0.25) is 0 Å². The molecule has 0 atom stereocenters. The van der Waals surface area contributed by atoms with Crippen LogP contribution in [-0.2, 0) is 0 Å². The third kappa shape index (κ3) is 2.67. The van der Waals surface area contributed by atoms with Crippen LogP contribution < -0.4 is 0 Å². The average molecular weight is 160 g/mol. The quantitative estimate of drug-likeness (QED) is 0.515. The van der Waals surface area contributed by atoms with E-state index in [9.17, 15) is 0 Å². The van der Waals surface area contributed by atoms with Gasteiger partial charge in [-0.1, -0.05) is 35.5 Å². The molecule has 0 nitrogen and oxygen atoms in total. The summed E-state index contributed by atoms with van der Waals surface area (Å²) in [5, 5.41) is 1.73. The first-order valence-electron chi connectivity index (χ1n) is 3.98. The number of hydrogen-bond acceptors (Lipinski definition) is 0. The van der Waals surface area contributed by atoms with Gasteiger partial charge in [-0.15, -0.1) is 0 Å². The summed E-state index contributed by atoms with van der Waals surface area (Å²) < 4.78 is 0. The van der Waals surface area contributed by atoms with Gasteiger partial charge in [0.1, 0.15) is 0 Å². The topological polar surface area (TPSA) is 0 Å². The zero-order valence-corrected chi connectivity index (χ0v) is 8.52. The van der Waals surface area contributed by atoms with Crippen LogP contribution in [0.5, 0.6) is 0 Å². The van der Waals surface area contributed by atoms with Gasteiger partial charge in [0, 0.05) is 0 Å². The Morgan fingerprint density at radius 1 is 1.27 bits per heavy atom. The SMILES string of the molecule is CC1=C(C)CC([SiH](C)C)=C1.[LiH]. The second-order valence-corrected chi connectivity index (χ2v) is 6.57. The molecular formula is C9H17LiSi. The molecular weight excluding hydrogens is 143 g/mol. The monoisotopic (exact) mass is 160 g/mol. The van der Waals surface area contributed by atoms with Crippen molar-refractivity contribution >= 4 is 27.7 Å². The molecule has 11 heavy (non-hydrogen) atoms. The Bertz CT molecular complexity index is 202. The van der Waals surface area contributed by atoms with Crippen molar-refractivity contribution < 1.29 is 0 Å². The normalized spacial score (nSPS) is 17.0. The third-order valence-corrected chi connectivity index (χ3v) is 4.14. The van der Waals surface area contributed by atoms with Crippen molar-refractivity contribution in [3.05, 3.63) is 22.4 Å². The van der Waals surface area contributed by atoms with Gasteiger partial charge in [-0.05, 0) is 20.3 Å². The number of hydrogen-bond donors (Lipinski definition) is 0. The molecule has 1 aliphatic carbocycles. The summed E-state index contributed by atoms with van der Waals surface area (Å²) in [7, 11) is -0.480. The van der Waals surface area contributed by atoms with Crippen LogP contribution >= 0.6 is 0 Å². The standard InChI is InChI=1S/C9H16Si.Li.H/c1-7-5-9(10(3)4)6-8(7)2;;/h5,10H,6H2,1-4H3;;. The Morgan fingerprint density at radius 3 is 2.00 bits per heavy atom. The second kappa shape index (κ2) is 4.35. The molecule has 0 saturated carbocycles. The molecule has 2 heteroatoms. The van der Waals surface area contributed by atoms with E-state index in [1.54, 1.807) is 10.8 Å². The molecule has 0 fully saturated rings. The maximum absolute atomic E-state index is 2.40. The second-order valence-electron chi connectivity index (χ2n) is 3.51. The molecule has 0 heterocycles. The van der Waals surface area contributed by atoms with Crippen LogP contribution in [0.2, 0.25) is 13.1 Å². The molecule has 0 aromatic heterocycles. The maximum atomic E-state index is 2.40. The van der Waals surface area contributed by atoms with E-state index in [0.29, 0.717) is 0 Å². The van der Waals surface area contributed by atoms with E-state index in [2.05, 4.69) is 33.0 Å². The minimum atomic E-state index is -0.480. The van der Waals surface area contributed by atoms with Gasteiger partial charge in [-0.2, -0.15) is 0 Å². The van der Waals surface area contributed by atoms with Crippen LogP contribution in [0.25, 0.3) is 0 Å². The predicted octanol–water partition coefficient (Wildman–Crippen LogP) is 2.03. The molecule has 0 saturated heterocycles. The van der Waals surface area contributed by atoms with Crippen LogP contribution in [0.1, 0.15) is 20.3 Å². The van der Waals surface area contributed by atoms with Crippen molar-refractivity contribution in [1.82, 2.24) is 0 Å². The molecule has 0 amide bonds. The zero-order chi connectivity index (χ0) is 7.72. The molecule has 0 aromatic rings. The van der Waals surface area contributed by atoms with E-state index in [1.807, 2.05) is 0 Å². The Balaban J connectivity index is 0.000001000. The van der Waals surface area contributed by atoms with Crippen LogP contribution in [-0.4, -0.2) is 27.7 Å². The Morgan fingerprint density at radius 2 is 1.82 bits per heavy atom. The summed E-state index contributed by atoms with van der Waals surface area (Å²) in [5.41, 5.74) is 3.09. The van der Waals surface area contributed by atoms with Crippen molar-refractivity contribution in [1.29, 1.82) is 0 Å². The summed E-state index contributed by atoms with van der Waals surface area (Å²) in [6.07, 6.45) is 3.67.